The minimum Gasteiger partial charge on any atom is -0.461 e. The number of imidazole rings is 1. The van der Waals surface area contributed by atoms with Crippen molar-refractivity contribution in [2.75, 3.05) is 0 Å². The van der Waals surface area contributed by atoms with E-state index in [1.165, 1.54) is 12.3 Å². The number of nitrogens with zero attached hydrogens (tertiary/aromatic N) is 2. The van der Waals surface area contributed by atoms with Crippen molar-refractivity contribution < 1.29 is 13.7 Å². The Hall–Kier alpha value is -2.83. The predicted molar refractivity (Wildman–Crippen MR) is 68.7 cm³/mol. The summed E-state index contributed by atoms with van der Waals surface area (Å²) in [7, 11) is 0. The second-order valence-electron chi connectivity index (χ2n) is 4.22. The summed E-state index contributed by atoms with van der Waals surface area (Å²) in [6, 6.07) is 4.74. The molecule has 102 valence electrons. The van der Waals surface area contributed by atoms with Crippen LogP contribution in [0.1, 0.15) is 29.3 Å². The van der Waals surface area contributed by atoms with Crippen LogP contribution in [0.4, 0.5) is 0 Å². The summed E-state index contributed by atoms with van der Waals surface area (Å²) < 4.78 is 10.2. The number of aromatic nitrogens is 3. The zero-order valence-corrected chi connectivity index (χ0v) is 10.7. The Morgan fingerprint density at radius 3 is 3.05 bits per heavy atom. The molecule has 7 nitrogen and oxygen atoms in total. The van der Waals surface area contributed by atoms with Crippen LogP contribution in [0.15, 0.2) is 45.8 Å². The van der Waals surface area contributed by atoms with Gasteiger partial charge in [0.05, 0.1) is 12.3 Å². The summed E-state index contributed by atoms with van der Waals surface area (Å²) in [6.07, 6.45) is 4.85. The summed E-state index contributed by atoms with van der Waals surface area (Å²) in [4.78, 5) is 19.0. The lowest BCUT2D eigenvalue weighted by atomic mass is 10.2. The van der Waals surface area contributed by atoms with Gasteiger partial charge in [-0.1, -0.05) is 5.16 Å². The van der Waals surface area contributed by atoms with Gasteiger partial charge in [0.15, 0.2) is 11.5 Å². The first kappa shape index (κ1) is 12.2. The van der Waals surface area contributed by atoms with Gasteiger partial charge in [-0.25, -0.2) is 4.98 Å². The molecule has 0 fully saturated rings. The second-order valence-corrected chi connectivity index (χ2v) is 4.22. The van der Waals surface area contributed by atoms with E-state index >= 15 is 0 Å². The Balaban J connectivity index is 1.72. The van der Waals surface area contributed by atoms with Gasteiger partial charge in [0, 0.05) is 18.5 Å². The third-order valence-electron chi connectivity index (χ3n) is 2.78. The van der Waals surface area contributed by atoms with Crippen molar-refractivity contribution >= 4 is 5.91 Å². The maximum atomic E-state index is 12.0. The molecule has 20 heavy (non-hydrogen) atoms. The number of hydrogen-bond acceptors (Lipinski definition) is 5. The number of rotatable bonds is 4. The van der Waals surface area contributed by atoms with Crippen molar-refractivity contribution in [1.82, 2.24) is 20.4 Å². The summed E-state index contributed by atoms with van der Waals surface area (Å²) in [6.45, 7) is 1.82. The van der Waals surface area contributed by atoms with Gasteiger partial charge in [-0.05, 0) is 19.1 Å². The zero-order valence-electron chi connectivity index (χ0n) is 10.7. The fourth-order valence-corrected chi connectivity index (χ4v) is 1.77. The number of hydrogen-bond donors (Lipinski definition) is 2. The van der Waals surface area contributed by atoms with Crippen LogP contribution in [0.2, 0.25) is 0 Å². The maximum Gasteiger partial charge on any atom is 0.274 e. The molecule has 0 saturated heterocycles. The summed E-state index contributed by atoms with van der Waals surface area (Å²) in [5, 5.41) is 6.50. The largest absolute Gasteiger partial charge is 0.461 e. The van der Waals surface area contributed by atoms with Crippen LogP contribution in [-0.2, 0) is 0 Å². The van der Waals surface area contributed by atoms with Crippen molar-refractivity contribution in [3.8, 4) is 11.5 Å². The number of nitrogens with one attached hydrogen (secondary N) is 2. The van der Waals surface area contributed by atoms with E-state index < -0.39 is 0 Å². The Labute approximate surface area is 114 Å². The molecule has 3 rings (SSSR count). The molecule has 0 aliphatic rings. The van der Waals surface area contributed by atoms with E-state index in [1.807, 2.05) is 6.92 Å². The Morgan fingerprint density at radius 1 is 1.45 bits per heavy atom. The van der Waals surface area contributed by atoms with Crippen LogP contribution in [-0.4, -0.2) is 21.0 Å². The highest BCUT2D eigenvalue weighted by molar-refractivity contribution is 5.93. The zero-order chi connectivity index (χ0) is 13.9. The molecule has 0 aliphatic heterocycles. The lowest BCUT2D eigenvalue weighted by molar-refractivity contribution is 0.0929. The van der Waals surface area contributed by atoms with E-state index in [1.54, 1.807) is 24.5 Å². The molecule has 1 amide bonds. The Kier molecular flexibility index (Phi) is 3.08. The van der Waals surface area contributed by atoms with Crippen molar-refractivity contribution in [2.24, 2.45) is 0 Å². The normalized spacial score (nSPS) is 12.2. The lowest BCUT2D eigenvalue weighted by Crippen LogP contribution is -2.27. The number of furan rings is 1. The lowest BCUT2D eigenvalue weighted by Gasteiger charge is -2.09. The Morgan fingerprint density at radius 2 is 2.35 bits per heavy atom. The van der Waals surface area contributed by atoms with Gasteiger partial charge in [0.1, 0.15) is 5.82 Å². The SMILES string of the molecule is CC(NC(=O)c1cc(-c2ccco2)on1)c1ncc[nH]1. The van der Waals surface area contributed by atoms with Crippen molar-refractivity contribution in [3.05, 3.63) is 48.4 Å². The highest BCUT2D eigenvalue weighted by Gasteiger charge is 2.18. The number of carbonyl (C=O) groups is 1. The summed E-state index contributed by atoms with van der Waals surface area (Å²) >= 11 is 0. The second kappa shape index (κ2) is 5.04. The molecule has 0 bridgehead atoms. The van der Waals surface area contributed by atoms with Gasteiger partial charge in [-0.2, -0.15) is 0 Å². The van der Waals surface area contributed by atoms with Gasteiger partial charge in [0.25, 0.3) is 5.91 Å². The maximum absolute atomic E-state index is 12.0. The molecular formula is C13H12N4O3. The van der Waals surface area contributed by atoms with Crippen molar-refractivity contribution in [3.63, 3.8) is 0 Å². The van der Waals surface area contributed by atoms with Gasteiger partial charge in [0.2, 0.25) is 5.76 Å². The Bertz CT molecular complexity index is 685. The quantitative estimate of drug-likeness (QED) is 0.758. The molecule has 3 heterocycles. The van der Waals surface area contributed by atoms with Crippen LogP contribution in [0.5, 0.6) is 0 Å². The van der Waals surface area contributed by atoms with Gasteiger partial charge in [-0.15, -0.1) is 0 Å². The highest BCUT2D eigenvalue weighted by atomic mass is 16.5. The van der Waals surface area contributed by atoms with E-state index in [2.05, 4.69) is 20.4 Å². The summed E-state index contributed by atoms with van der Waals surface area (Å²) in [5.41, 5.74) is 0.190. The van der Waals surface area contributed by atoms with Gasteiger partial charge >= 0.3 is 0 Å². The summed E-state index contributed by atoms with van der Waals surface area (Å²) in [5.74, 6) is 1.27. The molecule has 1 atom stereocenters. The average molecular weight is 272 g/mol. The third kappa shape index (κ3) is 2.33. The molecule has 0 saturated carbocycles. The topological polar surface area (TPSA) is 97.0 Å². The molecule has 0 aromatic carbocycles. The first-order valence-corrected chi connectivity index (χ1v) is 6.05. The molecule has 2 N–H and O–H groups in total. The van der Waals surface area contributed by atoms with Crippen LogP contribution in [0.25, 0.3) is 11.5 Å². The van der Waals surface area contributed by atoms with E-state index in [0.717, 1.165) is 0 Å². The molecule has 7 heteroatoms. The minimum atomic E-state index is -0.338. The fraction of sp³-hybridized carbons (Fsp3) is 0.154. The number of aromatic amines is 1. The van der Waals surface area contributed by atoms with Gasteiger partial charge in [-0.3, -0.25) is 4.79 Å². The highest BCUT2D eigenvalue weighted by Crippen LogP contribution is 2.20. The van der Waals surface area contributed by atoms with Crippen molar-refractivity contribution in [1.29, 1.82) is 0 Å². The van der Waals surface area contributed by atoms with Crippen molar-refractivity contribution in [2.45, 2.75) is 13.0 Å². The van der Waals surface area contributed by atoms with E-state index in [4.69, 9.17) is 8.94 Å². The van der Waals surface area contributed by atoms with Crippen LogP contribution in [0.3, 0.4) is 0 Å². The van der Waals surface area contributed by atoms with Crippen LogP contribution < -0.4 is 5.32 Å². The average Bonchev–Trinajstić information content (AvgIpc) is 3.19. The molecule has 1 unspecified atom stereocenters. The van der Waals surface area contributed by atoms with Gasteiger partial charge < -0.3 is 19.2 Å². The van der Waals surface area contributed by atoms with E-state index in [0.29, 0.717) is 17.3 Å². The molecule has 0 aliphatic carbocycles. The monoisotopic (exact) mass is 272 g/mol. The third-order valence-corrected chi connectivity index (χ3v) is 2.78. The number of H-pyrrole nitrogens is 1. The van der Waals surface area contributed by atoms with E-state index in [9.17, 15) is 4.79 Å². The smallest absolute Gasteiger partial charge is 0.274 e. The van der Waals surface area contributed by atoms with Crippen LogP contribution >= 0.6 is 0 Å². The first-order chi connectivity index (χ1) is 9.74. The molecule has 0 spiro atoms. The predicted octanol–water partition coefficient (Wildman–Crippen LogP) is 2.15. The van der Waals surface area contributed by atoms with Crippen LogP contribution in [0, 0.1) is 0 Å². The molecule has 3 aromatic heterocycles. The first-order valence-electron chi connectivity index (χ1n) is 6.05. The standard InChI is InChI=1S/C13H12N4O3/c1-8(12-14-4-5-15-12)16-13(18)9-7-11(20-17-9)10-3-2-6-19-10/h2-8H,1H3,(H,14,15)(H,16,18). The van der Waals surface area contributed by atoms with E-state index in [-0.39, 0.29) is 17.6 Å². The molecular weight excluding hydrogens is 260 g/mol. The molecule has 0 radical (unpaired) electrons. The number of carbonyl (C=O) groups excluding carboxylic acids is 1. The fourth-order valence-electron chi connectivity index (χ4n) is 1.77. The minimum absolute atomic E-state index is 0.190. The number of amides is 1. The molecule has 3 aromatic rings.